The average Bonchev–Trinajstić information content (AvgIpc) is 2.90. The van der Waals surface area contributed by atoms with Gasteiger partial charge in [-0.2, -0.15) is 0 Å². The smallest absolute Gasteiger partial charge is 0.0237 e. The predicted octanol–water partition coefficient (Wildman–Crippen LogP) is 3.17. The normalized spacial score (nSPS) is 26.8. The van der Waals surface area contributed by atoms with Gasteiger partial charge in [-0.25, -0.2) is 0 Å². The molecular formula is C16H25ClN2. The Morgan fingerprint density at radius 1 is 1.32 bits per heavy atom. The first-order chi connectivity index (χ1) is 8.86. The van der Waals surface area contributed by atoms with Gasteiger partial charge in [0.1, 0.15) is 0 Å². The van der Waals surface area contributed by atoms with Crippen LogP contribution < -0.4 is 5.32 Å². The highest BCUT2D eigenvalue weighted by Gasteiger charge is 2.26. The van der Waals surface area contributed by atoms with Gasteiger partial charge in [0, 0.05) is 25.7 Å². The second-order valence-electron chi connectivity index (χ2n) is 5.79. The van der Waals surface area contributed by atoms with Crippen LogP contribution in [0.5, 0.6) is 0 Å². The molecule has 2 unspecified atom stereocenters. The van der Waals surface area contributed by atoms with Crippen molar-refractivity contribution in [2.75, 3.05) is 19.6 Å². The third-order valence-corrected chi connectivity index (χ3v) is 4.50. The number of halogens is 1. The standard InChI is InChI=1S/C16H24N2.ClH/c1-2-13-10-18(12-15-7-5-9-17-15)11-14-6-3-4-8-16(13)14;/h3-4,6,8,13,15,17H,2,5,7,9-12H2,1H3;1H. The molecule has 0 spiro atoms. The summed E-state index contributed by atoms with van der Waals surface area (Å²) in [5.74, 6) is 0.733. The van der Waals surface area contributed by atoms with Crippen LogP contribution in [0.1, 0.15) is 43.2 Å². The summed E-state index contributed by atoms with van der Waals surface area (Å²) in [4.78, 5) is 2.65. The van der Waals surface area contributed by atoms with Crippen molar-refractivity contribution < 1.29 is 0 Å². The molecule has 19 heavy (non-hydrogen) atoms. The molecule has 106 valence electrons. The zero-order valence-corrected chi connectivity index (χ0v) is 12.6. The quantitative estimate of drug-likeness (QED) is 0.915. The largest absolute Gasteiger partial charge is 0.313 e. The summed E-state index contributed by atoms with van der Waals surface area (Å²) in [6.45, 7) is 7.15. The van der Waals surface area contributed by atoms with Crippen molar-refractivity contribution in [2.24, 2.45) is 0 Å². The Hall–Kier alpha value is -0.570. The van der Waals surface area contributed by atoms with Gasteiger partial charge in [0.15, 0.2) is 0 Å². The summed E-state index contributed by atoms with van der Waals surface area (Å²) in [6.07, 6.45) is 3.97. The first-order valence-corrected chi connectivity index (χ1v) is 7.40. The minimum Gasteiger partial charge on any atom is -0.313 e. The number of hydrogen-bond donors (Lipinski definition) is 1. The minimum absolute atomic E-state index is 0. The summed E-state index contributed by atoms with van der Waals surface area (Å²) in [7, 11) is 0. The van der Waals surface area contributed by atoms with Crippen molar-refractivity contribution in [2.45, 2.75) is 44.7 Å². The van der Waals surface area contributed by atoms with Crippen LogP contribution in [-0.4, -0.2) is 30.6 Å². The fourth-order valence-electron chi connectivity index (χ4n) is 3.50. The lowest BCUT2D eigenvalue weighted by atomic mass is 9.88. The van der Waals surface area contributed by atoms with E-state index in [1.807, 2.05) is 0 Å². The summed E-state index contributed by atoms with van der Waals surface area (Å²) < 4.78 is 0. The van der Waals surface area contributed by atoms with Gasteiger partial charge in [-0.15, -0.1) is 12.4 Å². The van der Waals surface area contributed by atoms with Crippen molar-refractivity contribution in [3.05, 3.63) is 35.4 Å². The summed E-state index contributed by atoms with van der Waals surface area (Å²) in [5, 5.41) is 3.62. The Morgan fingerprint density at radius 2 is 2.16 bits per heavy atom. The van der Waals surface area contributed by atoms with E-state index in [2.05, 4.69) is 41.4 Å². The average molecular weight is 281 g/mol. The van der Waals surface area contributed by atoms with Gasteiger partial charge in [-0.1, -0.05) is 31.2 Å². The van der Waals surface area contributed by atoms with E-state index in [0.29, 0.717) is 0 Å². The number of nitrogens with one attached hydrogen (secondary N) is 1. The van der Waals surface area contributed by atoms with Crippen molar-refractivity contribution in [3.63, 3.8) is 0 Å². The first-order valence-electron chi connectivity index (χ1n) is 7.40. The highest BCUT2D eigenvalue weighted by Crippen LogP contribution is 2.30. The molecule has 2 atom stereocenters. The van der Waals surface area contributed by atoms with Crippen molar-refractivity contribution in [1.82, 2.24) is 10.2 Å². The molecule has 1 aromatic carbocycles. The molecule has 2 aliphatic rings. The highest BCUT2D eigenvalue weighted by molar-refractivity contribution is 5.85. The molecule has 2 nitrogen and oxygen atoms in total. The lowest BCUT2D eigenvalue weighted by Crippen LogP contribution is -2.41. The van der Waals surface area contributed by atoms with E-state index in [9.17, 15) is 0 Å². The molecule has 0 saturated carbocycles. The molecule has 0 amide bonds. The second-order valence-corrected chi connectivity index (χ2v) is 5.79. The molecule has 2 heterocycles. The topological polar surface area (TPSA) is 15.3 Å². The molecule has 0 aromatic heterocycles. The van der Waals surface area contributed by atoms with E-state index >= 15 is 0 Å². The van der Waals surface area contributed by atoms with Crippen molar-refractivity contribution in [1.29, 1.82) is 0 Å². The third kappa shape index (κ3) is 3.31. The maximum absolute atomic E-state index is 3.62. The minimum atomic E-state index is 0. The van der Waals surface area contributed by atoms with Crippen molar-refractivity contribution >= 4 is 12.4 Å². The summed E-state index contributed by atoms with van der Waals surface area (Å²) in [6, 6.07) is 9.74. The zero-order valence-electron chi connectivity index (χ0n) is 11.8. The van der Waals surface area contributed by atoms with E-state index in [0.717, 1.165) is 18.5 Å². The van der Waals surface area contributed by atoms with Gasteiger partial charge in [0.2, 0.25) is 0 Å². The lowest BCUT2D eigenvalue weighted by Gasteiger charge is -2.35. The van der Waals surface area contributed by atoms with E-state index in [-0.39, 0.29) is 12.4 Å². The molecule has 1 aromatic rings. The molecule has 1 N–H and O–H groups in total. The number of nitrogens with zero attached hydrogens (tertiary/aromatic N) is 1. The Kier molecular flexibility index (Phi) is 5.26. The van der Waals surface area contributed by atoms with E-state index in [1.54, 1.807) is 11.1 Å². The predicted molar refractivity (Wildman–Crippen MR) is 83.0 cm³/mol. The number of rotatable bonds is 3. The Bertz CT molecular complexity index is 401. The van der Waals surface area contributed by atoms with Gasteiger partial charge in [0.25, 0.3) is 0 Å². The maximum atomic E-state index is 3.62. The first kappa shape index (κ1) is 14.8. The fraction of sp³-hybridized carbons (Fsp3) is 0.625. The molecule has 3 heteroatoms. The number of fused-ring (bicyclic) bond motifs is 1. The van der Waals surface area contributed by atoms with Gasteiger partial charge in [0.05, 0.1) is 0 Å². The Labute approximate surface area is 123 Å². The Balaban J connectivity index is 0.00000133. The van der Waals surface area contributed by atoms with E-state index in [1.165, 1.54) is 38.9 Å². The highest BCUT2D eigenvalue weighted by atomic mass is 35.5. The van der Waals surface area contributed by atoms with Crippen LogP contribution in [0.2, 0.25) is 0 Å². The molecular weight excluding hydrogens is 256 g/mol. The van der Waals surface area contributed by atoms with Gasteiger partial charge in [-0.3, -0.25) is 4.90 Å². The number of hydrogen-bond acceptors (Lipinski definition) is 2. The Morgan fingerprint density at radius 3 is 2.89 bits per heavy atom. The SMILES string of the molecule is CCC1CN(CC2CCCN2)Cc2ccccc21.Cl. The third-order valence-electron chi connectivity index (χ3n) is 4.50. The molecule has 0 bridgehead atoms. The van der Waals surface area contributed by atoms with Crippen LogP contribution >= 0.6 is 12.4 Å². The van der Waals surface area contributed by atoms with Gasteiger partial charge >= 0.3 is 0 Å². The molecule has 3 rings (SSSR count). The van der Waals surface area contributed by atoms with E-state index in [4.69, 9.17) is 0 Å². The molecule has 1 fully saturated rings. The van der Waals surface area contributed by atoms with Crippen LogP contribution in [0, 0.1) is 0 Å². The zero-order chi connectivity index (χ0) is 12.4. The van der Waals surface area contributed by atoms with Gasteiger partial charge < -0.3 is 5.32 Å². The van der Waals surface area contributed by atoms with E-state index < -0.39 is 0 Å². The van der Waals surface area contributed by atoms with Gasteiger partial charge in [-0.05, 0) is 42.9 Å². The van der Waals surface area contributed by atoms with Crippen LogP contribution in [0.25, 0.3) is 0 Å². The molecule has 0 radical (unpaired) electrons. The van der Waals surface area contributed by atoms with Crippen LogP contribution in [0.3, 0.4) is 0 Å². The lowest BCUT2D eigenvalue weighted by molar-refractivity contribution is 0.208. The maximum Gasteiger partial charge on any atom is 0.0237 e. The second kappa shape index (κ2) is 6.74. The summed E-state index contributed by atoms with van der Waals surface area (Å²) in [5.41, 5.74) is 3.14. The summed E-state index contributed by atoms with van der Waals surface area (Å²) >= 11 is 0. The monoisotopic (exact) mass is 280 g/mol. The van der Waals surface area contributed by atoms with Crippen LogP contribution in [0.15, 0.2) is 24.3 Å². The molecule has 0 aliphatic carbocycles. The van der Waals surface area contributed by atoms with Crippen LogP contribution in [0.4, 0.5) is 0 Å². The number of benzene rings is 1. The molecule has 1 saturated heterocycles. The van der Waals surface area contributed by atoms with Crippen LogP contribution in [-0.2, 0) is 6.54 Å². The fourth-order valence-corrected chi connectivity index (χ4v) is 3.50. The van der Waals surface area contributed by atoms with Crippen molar-refractivity contribution in [3.8, 4) is 0 Å². The molecule has 2 aliphatic heterocycles.